The highest BCUT2D eigenvalue weighted by Gasteiger charge is 2.10. The first-order chi connectivity index (χ1) is 9.45. The van der Waals surface area contributed by atoms with E-state index in [0.29, 0.717) is 6.42 Å². The van der Waals surface area contributed by atoms with Gasteiger partial charge in [0.05, 0.1) is 12.1 Å². The van der Waals surface area contributed by atoms with Crippen LogP contribution in [0.3, 0.4) is 0 Å². The van der Waals surface area contributed by atoms with Gasteiger partial charge in [-0.2, -0.15) is 0 Å². The lowest BCUT2D eigenvalue weighted by atomic mass is 10.1. The number of anilines is 2. The third-order valence-electron chi connectivity index (χ3n) is 3.02. The number of hydrogen-bond donors (Lipinski definition) is 1. The molecule has 0 aliphatic carbocycles. The van der Waals surface area contributed by atoms with Crippen LogP contribution in [-0.4, -0.2) is 23.1 Å². The molecule has 0 bridgehead atoms. The first-order valence-electron chi connectivity index (χ1n) is 6.44. The minimum atomic E-state index is -0.790. The second-order valence-electron chi connectivity index (χ2n) is 4.92. The summed E-state index contributed by atoms with van der Waals surface area (Å²) >= 11 is 1.54. The Kier molecular flexibility index (Phi) is 4.39. The van der Waals surface area contributed by atoms with Crippen LogP contribution in [0, 0.1) is 13.8 Å². The van der Waals surface area contributed by atoms with Crippen molar-refractivity contribution in [1.29, 1.82) is 0 Å². The molecular formula is C15H18N2O2S. The van der Waals surface area contributed by atoms with Gasteiger partial charge in [0.25, 0.3) is 0 Å². The Morgan fingerprint density at radius 3 is 2.55 bits per heavy atom. The summed E-state index contributed by atoms with van der Waals surface area (Å²) in [6, 6.07) is 6.37. The fourth-order valence-corrected chi connectivity index (χ4v) is 2.90. The average molecular weight is 290 g/mol. The van der Waals surface area contributed by atoms with Crippen LogP contribution < -0.4 is 4.90 Å². The molecule has 0 radical (unpaired) electrons. The lowest BCUT2D eigenvalue weighted by Gasteiger charge is -2.17. The van der Waals surface area contributed by atoms with E-state index in [2.05, 4.69) is 37.0 Å². The van der Waals surface area contributed by atoms with Crippen molar-refractivity contribution < 1.29 is 9.90 Å². The standard InChI is InChI=1S/C15H18N2O2S/c1-10-6-11(2)8-13(7-10)17(3)15-16-12(9-20-15)4-5-14(18)19/h6-9H,4-5H2,1-3H3,(H,18,19). The van der Waals surface area contributed by atoms with Gasteiger partial charge >= 0.3 is 5.97 Å². The Morgan fingerprint density at radius 2 is 1.95 bits per heavy atom. The Hall–Kier alpha value is -1.88. The number of carbonyl (C=O) groups is 1. The summed E-state index contributed by atoms with van der Waals surface area (Å²) in [6.07, 6.45) is 0.600. The van der Waals surface area contributed by atoms with Crippen LogP contribution in [0.25, 0.3) is 0 Å². The van der Waals surface area contributed by atoms with Gasteiger partial charge in [-0.3, -0.25) is 4.79 Å². The molecule has 2 aromatic rings. The molecule has 4 nitrogen and oxygen atoms in total. The molecule has 0 spiro atoms. The normalized spacial score (nSPS) is 10.6. The van der Waals surface area contributed by atoms with Crippen LogP contribution in [0.15, 0.2) is 23.6 Å². The summed E-state index contributed by atoms with van der Waals surface area (Å²) in [6.45, 7) is 4.15. The molecule has 2 rings (SSSR count). The number of carboxylic acids is 1. The average Bonchev–Trinajstić information content (AvgIpc) is 2.83. The molecule has 106 valence electrons. The van der Waals surface area contributed by atoms with Gasteiger partial charge in [-0.15, -0.1) is 11.3 Å². The van der Waals surface area contributed by atoms with E-state index in [4.69, 9.17) is 5.11 Å². The number of rotatable bonds is 5. The van der Waals surface area contributed by atoms with Gasteiger partial charge in [-0.1, -0.05) is 6.07 Å². The van der Waals surface area contributed by atoms with Gasteiger partial charge in [-0.25, -0.2) is 4.98 Å². The quantitative estimate of drug-likeness (QED) is 0.915. The first-order valence-corrected chi connectivity index (χ1v) is 7.32. The molecular weight excluding hydrogens is 272 g/mol. The van der Waals surface area contributed by atoms with Crippen LogP contribution in [0.5, 0.6) is 0 Å². The van der Waals surface area contributed by atoms with Gasteiger partial charge in [0.2, 0.25) is 0 Å². The van der Waals surface area contributed by atoms with Gasteiger partial charge < -0.3 is 10.0 Å². The Morgan fingerprint density at radius 1 is 1.30 bits per heavy atom. The molecule has 1 aromatic heterocycles. The predicted octanol–water partition coefficient (Wildman–Crippen LogP) is 3.55. The van der Waals surface area contributed by atoms with E-state index in [0.717, 1.165) is 16.5 Å². The van der Waals surface area contributed by atoms with Crippen molar-refractivity contribution in [3.8, 4) is 0 Å². The molecule has 20 heavy (non-hydrogen) atoms. The number of aromatic nitrogens is 1. The van der Waals surface area contributed by atoms with Gasteiger partial charge in [0, 0.05) is 24.5 Å². The van der Waals surface area contributed by atoms with Crippen LogP contribution in [0.1, 0.15) is 23.2 Å². The van der Waals surface area contributed by atoms with Crippen molar-refractivity contribution in [3.63, 3.8) is 0 Å². The van der Waals surface area contributed by atoms with E-state index < -0.39 is 5.97 Å². The van der Waals surface area contributed by atoms with Crippen LogP contribution in [0.2, 0.25) is 0 Å². The molecule has 1 aromatic carbocycles. The van der Waals surface area contributed by atoms with Crippen molar-refractivity contribution in [3.05, 3.63) is 40.4 Å². The minimum Gasteiger partial charge on any atom is -0.481 e. The predicted molar refractivity (Wildman–Crippen MR) is 82.0 cm³/mol. The molecule has 0 amide bonds. The zero-order chi connectivity index (χ0) is 14.7. The van der Waals surface area contributed by atoms with Crippen molar-refractivity contribution in [2.75, 3.05) is 11.9 Å². The number of thiazole rings is 1. The molecule has 0 unspecified atom stereocenters. The number of hydrogen-bond acceptors (Lipinski definition) is 4. The fraction of sp³-hybridized carbons (Fsp3) is 0.333. The highest BCUT2D eigenvalue weighted by Crippen LogP contribution is 2.28. The van der Waals surface area contributed by atoms with Gasteiger partial charge in [0.15, 0.2) is 5.13 Å². The highest BCUT2D eigenvalue weighted by atomic mass is 32.1. The molecule has 0 aliphatic rings. The second kappa shape index (κ2) is 6.05. The monoisotopic (exact) mass is 290 g/mol. The van der Waals surface area contributed by atoms with E-state index in [1.807, 2.05) is 17.3 Å². The summed E-state index contributed by atoms with van der Waals surface area (Å²) in [5.74, 6) is -0.790. The number of nitrogens with zero attached hydrogens (tertiary/aromatic N) is 2. The van der Waals surface area contributed by atoms with Gasteiger partial charge in [0.1, 0.15) is 0 Å². The van der Waals surface area contributed by atoms with Crippen LogP contribution in [-0.2, 0) is 11.2 Å². The van der Waals surface area contributed by atoms with Gasteiger partial charge in [-0.05, 0) is 37.1 Å². The Labute approximate surface area is 122 Å². The summed E-state index contributed by atoms with van der Waals surface area (Å²) in [5.41, 5.74) is 4.37. The van der Waals surface area contributed by atoms with Crippen LogP contribution >= 0.6 is 11.3 Å². The lowest BCUT2D eigenvalue weighted by molar-refractivity contribution is -0.136. The Bertz CT molecular complexity index is 602. The summed E-state index contributed by atoms with van der Waals surface area (Å²) in [5, 5.41) is 11.5. The molecule has 0 aliphatic heterocycles. The molecule has 5 heteroatoms. The number of aryl methyl sites for hydroxylation is 3. The zero-order valence-electron chi connectivity index (χ0n) is 11.9. The van der Waals surface area contributed by atoms with E-state index in [1.54, 1.807) is 0 Å². The maximum Gasteiger partial charge on any atom is 0.303 e. The van der Waals surface area contributed by atoms with Crippen molar-refractivity contribution in [1.82, 2.24) is 4.98 Å². The lowest BCUT2D eigenvalue weighted by Crippen LogP contribution is -2.09. The number of benzene rings is 1. The molecule has 1 N–H and O–H groups in total. The third-order valence-corrected chi connectivity index (χ3v) is 3.98. The summed E-state index contributed by atoms with van der Waals surface area (Å²) in [4.78, 5) is 17.1. The second-order valence-corrected chi connectivity index (χ2v) is 5.76. The maximum absolute atomic E-state index is 10.6. The maximum atomic E-state index is 10.6. The summed E-state index contributed by atoms with van der Waals surface area (Å²) < 4.78 is 0. The Balaban J connectivity index is 2.16. The molecule has 0 saturated carbocycles. The summed E-state index contributed by atoms with van der Waals surface area (Å²) in [7, 11) is 1.98. The number of carboxylic acid groups (broad SMARTS) is 1. The fourth-order valence-electron chi connectivity index (χ4n) is 2.05. The van der Waals surface area contributed by atoms with Crippen molar-refractivity contribution in [2.45, 2.75) is 26.7 Å². The third kappa shape index (κ3) is 3.57. The smallest absolute Gasteiger partial charge is 0.303 e. The zero-order valence-corrected chi connectivity index (χ0v) is 12.7. The molecule has 1 heterocycles. The SMILES string of the molecule is Cc1cc(C)cc(N(C)c2nc(CCC(=O)O)cs2)c1. The molecule has 0 fully saturated rings. The molecule has 0 saturated heterocycles. The van der Waals surface area contributed by atoms with E-state index in [9.17, 15) is 4.79 Å². The van der Waals surface area contributed by atoms with Crippen molar-refractivity contribution >= 4 is 28.1 Å². The largest absolute Gasteiger partial charge is 0.481 e. The van der Waals surface area contributed by atoms with Crippen molar-refractivity contribution in [2.24, 2.45) is 0 Å². The van der Waals surface area contributed by atoms with E-state index in [1.165, 1.54) is 22.5 Å². The first kappa shape index (κ1) is 14.5. The van der Waals surface area contributed by atoms with Crippen LogP contribution in [0.4, 0.5) is 10.8 Å². The molecule has 0 atom stereocenters. The minimum absolute atomic E-state index is 0.121. The van der Waals surface area contributed by atoms with E-state index in [-0.39, 0.29) is 6.42 Å². The topological polar surface area (TPSA) is 53.4 Å². The highest BCUT2D eigenvalue weighted by molar-refractivity contribution is 7.13. The van der Waals surface area contributed by atoms with E-state index >= 15 is 0 Å². The number of aliphatic carboxylic acids is 1.